The summed E-state index contributed by atoms with van der Waals surface area (Å²) in [6.45, 7) is 0. The number of anilines is 1. The molecule has 0 heterocycles. The molecule has 108 valence electrons. The molecule has 0 saturated carbocycles. The average molecular weight is 287 g/mol. The Hall–Kier alpha value is -2.89. The molecule has 2 rings (SSSR count). The van der Waals surface area contributed by atoms with E-state index in [9.17, 15) is 9.18 Å². The lowest BCUT2D eigenvalue weighted by Crippen LogP contribution is -2.16. The van der Waals surface area contributed by atoms with Crippen LogP contribution in [-0.4, -0.2) is 17.0 Å². The summed E-state index contributed by atoms with van der Waals surface area (Å²) in [5.74, 6) is -0.804. The molecule has 0 unspecified atom stereocenters. The summed E-state index contributed by atoms with van der Waals surface area (Å²) in [6, 6.07) is 12.6. The number of hydrogen-bond acceptors (Lipinski definition) is 3. The van der Waals surface area contributed by atoms with E-state index in [1.165, 1.54) is 12.1 Å². The van der Waals surface area contributed by atoms with Gasteiger partial charge in [-0.05, 0) is 17.7 Å². The maximum atomic E-state index is 13.4. The van der Waals surface area contributed by atoms with E-state index < -0.39 is 5.82 Å². The number of amides is 1. The van der Waals surface area contributed by atoms with Gasteiger partial charge in [0.25, 0.3) is 0 Å². The molecular formula is C15H14FN3O2. The minimum atomic E-state index is -0.479. The van der Waals surface area contributed by atoms with Crippen LogP contribution in [0.15, 0.2) is 53.7 Å². The third kappa shape index (κ3) is 3.79. The van der Waals surface area contributed by atoms with Crippen LogP contribution in [0.5, 0.6) is 0 Å². The minimum Gasteiger partial charge on any atom is -0.409 e. The molecule has 0 aliphatic rings. The van der Waals surface area contributed by atoms with Gasteiger partial charge in [-0.3, -0.25) is 4.79 Å². The molecule has 2 aromatic rings. The van der Waals surface area contributed by atoms with Gasteiger partial charge in [0.1, 0.15) is 5.82 Å². The van der Waals surface area contributed by atoms with Crippen LogP contribution in [0.4, 0.5) is 10.1 Å². The second-order valence-corrected chi connectivity index (χ2v) is 4.39. The second kappa shape index (κ2) is 6.51. The number of hydrogen-bond donors (Lipinski definition) is 3. The van der Waals surface area contributed by atoms with Crippen molar-refractivity contribution in [2.75, 3.05) is 5.32 Å². The SMILES string of the molecule is NC(=NO)c1ccc(CC(=O)Nc2ccccc2F)cc1. The largest absolute Gasteiger partial charge is 0.409 e. The third-order valence-corrected chi connectivity index (χ3v) is 2.87. The highest BCUT2D eigenvalue weighted by Gasteiger charge is 2.07. The van der Waals surface area contributed by atoms with Gasteiger partial charge in [-0.1, -0.05) is 41.6 Å². The lowest BCUT2D eigenvalue weighted by atomic mass is 10.1. The first-order valence-corrected chi connectivity index (χ1v) is 6.21. The summed E-state index contributed by atoms with van der Waals surface area (Å²) in [5.41, 5.74) is 6.88. The Morgan fingerprint density at radius 3 is 2.48 bits per heavy atom. The van der Waals surface area contributed by atoms with E-state index in [0.717, 1.165) is 5.56 Å². The van der Waals surface area contributed by atoms with Crippen molar-refractivity contribution >= 4 is 17.4 Å². The Bertz CT molecular complexity index is 669. The number of nitrogens with zero attached hydrogens (tertiary/aromatic N) is 1. The molecule has 0 fully saturated rings. The third-order valence-electron chi connectivity index (χ3n) is 2.87. The summed E-state index contributed by atoms with van der Waals surface area (Å²) >= 11 is 0. The predicted molar refractivity (Wildman–Crippen MR) is 77.7 cm³/mol. The predicted octanol–water partition coefficient (Wildman–Crippen LogP) is 2.10. The first-order chi connectivity index (χ1) is 10.1. The number of benzene rings is 2. The molecule has 0 aliphatic heterocycles. The highest BCUT2D eigenvalue weighted by Crippen LogP contribution is 2.13. The number of halogens is 1. The van der Waals surface area contributed by atoms with Gasteiger partial charge in [-0.15, -0.1) is 0 Å². The number of amidine groups is 1. The lowest BCUT2D eigenvalue weighted by Gasteiger charge is -2.06. The Labute approximate surface area is 120 Å². The van der Waals surface area contributed by atoms with E-state index in [2.05, 4.69) is 10.5 Å². The van der Waals surface area contributed by atoms with Crippen LogP contribution >= 0.6 is 0 Å². The highest BCUT2D eigenvalue weighted by atomic mass is 19.1. The van der Waals surface area contributed by atoms with E-state index in [0.29, 0.717) is 5.56 Å². The van der Waals surface area contributed by atoms with Crippen LogP contribution in [0.25, 0.3) is 0 Å². The Morgan fingerprint density at radius 1 is 1.19 bits per heavy atom. The number of para-hydroxylation sites is 1. The second-order valence-electron chi connectivity index (χ2n) is 4.39. The van der Waals surface area contributed by atoms with E-state index in [1.54, 1.807) is 36.4 Å². The van der Waals surface area contributed by atoms with Gasteiger partial charge in [0, 0.05) is 5.56 Å². The molecule has 0 aromatic heterocycles. The number of nitrogens with one attached hydrogen (secondary N) is 1. The summed E-state index contributed by atoms with van der Waals surface area (Å²) in [7, 11) is 0. The molecule has 1 amide bonds. The van der Waals surface area contributed by atoms with Crippen molar-refractivity contribution < 1.29 is 14.4 Å². The monoisotopic (exact) mass is 287 g/mol. The topological polar surface area (TPSA) is 87.7 Å². The van der Waals surface area contributed by atoms with Crippen molar-refractivity contribution in [1.82, 2.24) is 0 Å². The fourth-order valence-electron chi connectivity index (χ4n) is 1.79. The Morgan fingerprint density at radius 2 is 1.86 bits per heavy atom. The fourth-order valence-corrected chi connectivity index (χ4v) is 1.79. The summed E-state index contributed by atoms with van der Waals surface area (Å²) in [5, 5.41) is 13.9. The van der Waals surface area contributed by atoms with E-state index >= 15 is 0 Å². The zero-order valence-corrected chi connectivity index (χ0v) is 11.1. The van der Waals surface area contributed by atoms with Gasteiger partial charge in [0.05, 0.1) is 12.1 Å². The number of carbonyl (C=O) groups excluding carboxylic acids is 1. The van der Waals surface area contributed by atoms with Crippen LogP contribution in [-0.2, 0) is 11.2 Å². The van der Waals surface area contributed by atoms with Crippen LogP contribution in [0, 0.1) is 5.82 Å². The van der Waals surface area contributed by atoms with Gasteiger partial charge >= 0.3 is 0 Å². The standard InChI is InChI=1S/C15H14FN3O2/c16-12-3-1-2-4-13(12)18-14(20)9-10-5-7-11(8-6-10)15(17)19-21/h1-8,21H,9H2,(H2,17,19)(H,18,20). The van der Waals surface area contributed by atoms with E-state index in [-0.39, 0.29) is 23.9 Å². The molecule has 0 aliphatic carbocycles. The number of oxime groups is 1. The maximum Gasteiger partial charge on any atom is 0.228 e. The molecule has 21 heavy (non-hydrogen) atoms. The molecule has 4 N–H and O–H groups in total. The maximum absolute atomic E-state index is 13.4. The quantitative estimate of drug-likeness (QED) is 0.348. The molecule has 5 nitrogen and oxygen atoms in total. The Balaban J connectivity index is 2.02. The highest BCUT2D eigenvalue weighted by molar-refractivity contribution is 5.97. The lowest BCUT2D eigenvalue weighted by molar-refractivity contribution is -0.115. The Kier molecular flexibility index (Phi) is 4.50. The van der Waals surface area contributed by atoms with Crippen molar-refractivity contribution in [3.05, 3.63) is 65.5 Å². The van der Waals surface area contributed by atoms with Crippen molar-refractivity contribution in [2.24, 2.45) is 10.9 Å². The first-order valence-electron chi connectivity index (χ1n) is 6.21. The normalized spacial score (nSPS) is 11.2. The first kappa shape index (κ1) is 14.5. The summed E-state index contributed by atoms with van der Waals surface area (Å²) < 4.78 is 13.4. The number of rotatable bonds is 4. The molecule has 6 heteroatoms. The van der Waals surface area contributed by atoms with Gasteiger partial charge < -0.3 is 16.3 Å². The average Bonchev–Trinajstić information content (AvgIpc) is 2.49. The molecule has 2 aromatic carbocycles. The van der Waals surface area contributed by atoms with Crippen LogP contribution in [0.3, 0.4) is 0 Å². The van der Waals surface area contributed by atoms with Crippen LogP contribution < -0.4 is 11.1 Å². The van der Waals surface area contributed by atoms with E-state index in [4.69, 9.17) is 10.9 Å². The number of nitrogens with two attached hydrogens (primary N) is 1. The van der Waals surface area contributed by atoms with Gasteiger partial charge in [0.2, 0.25) is 5.91 Å². The minimum absolute atomic E-state index is 0.00245. The zero-order chi connectivity index (χ0) is 15.2. The molecule has 0 saturated heterocycles. The van der Waals surface area contributed by atoms with E-state index in [1.807, 2.05) is 0 Å². The smallest absolute Gasteiger partial charge is 0.228 e. The van der Waals surface area contributed by atoms with Gasteiger partial charge in [0.15, 0.2) is 5.84 Å². The van der Waals surface area contributed by atoms with Gasteiger partial charge in [-0.2, -0.15) is 0 Å². The van der Waals surface area contributed by atoms with Crippen LogP contribution in [0.2, 0.25) is 0 Å². The molecule has 0 spiro atoms. The zero-order valence-electron chi connectivity index (χ0n) is 11.1. The van der Waals surface area contributed by atoms with Crippen molar-refractivity contribution in [2.45, 2.75) is 6.42 Å². The summed E-state index contributed by atoms with van der Waals surface area (Å²) in [4.78, 5) is 11.8. The summed E-state index contributed by atoms with van der Waals surface area (Å²) in [6.07, 6.45) is 0.102. The molecule has 0 radical (unpaired) electrons. The number of carbonyl (C=O) groups is 1. The van der Waals surface area contributed by atoms with Crippen molar-refractivity contribution in [3.8, 4) is 0 Å². The van der Waals surface area contributed by atoms with Crippen LogP contribution in [0.1, 0.15) is 11.1 Å². The molecule has 0 bridgehead atoms. The van der Waals surface area contributed by atoms with Crippen molar-refractivity contribution in [3.63, 3.8) is 0 Å². The van der Waals surface area contributed by atoms with Gasteiger partial charge in [-0.25, -0.2) is 4.39 Å². The van der Waals surface area contributed by atoms with Crippen molar-refractivity contribution in [1.29, 1.82) is 0 Å². The fraction of sp³-hybridized carbons (Fsp3) is 0.0667. The molecular weight excluding hydrogens is 273 g/mol. The molecule has 0 atom stereocenters.